The van der Waals surface area contributed by atoms with Crippen LogP contribution in [0.25, 0.3) is 0 Å². The highest BCUT2D eigenvalue weighted by Crippen LogP contribution is 2.39. The molecule has 2 heterocycles. The van der Waals surface area contributed by atoms with E-state index in [1.165, 1.54) is 0 Å². The Balaban J connectivity index is 1.65. The van der Waals surface area contributed by atoms with Crippen molar-refractivity contribution in [1.29, 1.82) is 0 Å². The van der Waals surface area contributed by atoms with Crippen molar-refractivity contribution in [1.82, 2.24) is 0 Å². The summed E-state index contributed by atoms with van der Waals surface area (Å²) in [7, 11) is -2.84. The normalized spacial score (nSPS) is 24.1. The van der Waals surface area contributed by atoms with Gasteiger partial charge in [0.1, 0.15) is 0 Å². The SMILES string of the molecule is O=S1(=O)CCCC(CNc2cccc3c2OCO3)C1. The minimum absolute atomic E-state index is 0.178. The van der Waals surface area contributed by atoms with Gasteiger partial charge in [-0.2, -0.15) is 0 Å². The van der Waals surface area contributed by atoms with E-state index in [4.69, 9.17) is 9.47 Å². The Morgan fingerprint density at radius 1 is 1.32 bits per heavy atom. The van der Waals surface area contributed by atoms with Crippen LogP contribution in [-0.2, 0) is 9.84 Å². The first-order chi connectivity index (χ1) is 9.14. The number of fused-ring (bicyclic) bond motifs is 1. The van der Waals surface area contributed by atoms with Gasteiger partial charge in [0.15, 0.2) is 21.3 Å². The molecule has 2 aliphatic rings. The Kier molecular flexibility index (Phi) is 3.26. The molecule has 0 aromatic heterocycles. The topological polar surface area (TPSA) is 64.6 Å². The zero-order valence-corrected chi connectivity index (χ0v) is 11.4. The minimum Gasteiger partial charge on any atom is -0.454 e. The molecule has 1 saturated heterocycles. The summed E-state index contributed by atoms with van der Waals surface area (Å²) in [5.74, 6) is 2.26. The molecule has 5 nitrogen and oxygen atoms in total. The largest absolute Gasteiger partial charge is 0.454 e. The van der Waals surface area contributed by atoms with Crippen LogP contribution >= 0.6 is 0 Å². The quantitative estimate of drug-likeness (QED) is 0.914. The lowest BCUT2D eigenvalue weighted by molar-refractivity contribution is 0.174. The second kappa shape index (κ2) is 4.92. The highest BCUT2D eigenvalue weighted by molar-refractivity contribution is 7.91. The molecule has 1 aromatic rings. The Morgan fingerprint density at radius 3 is 3.05 bits per heavy atom. The third-order valence-electron chi connectivity index (χ3n) is 3.54. The number of para-hydroxylation sites is 1. The van der Waals surface area contributed by atoms with Crippen molar-refractivity contribution in [2.45, 2.75) is 12.8 Å². The van der Waals surface area contributed by atoms with E-state index in [2.05, 4.69) is 5.32 Å². The Bertz CT molecular complexity index is 570. The van der Waals surface area contributed by atoms with Gasteiger partial charge in [-0.25, -0.2) is 8.42 Å². The summed E-state index contributed by atoms with van der Waals surface area (Å²) >= 11 is 0. The van der Waals surface area contributed by atoms with Gasteiger partial charge in [-0.3, -0.25) is 0 Å². The molecule has 1 fully saturated rings. The number of ether oxygens (including phenoxy) is 2. The molecule has 0 saturated carbocycles. The highest BCUT2D eigenvalue weighted by Gasteiger charge is 2.25. The van der Waals surface area contributed by atoms with Crippen LogP contribution in [-0.4, -0.2) is 33.3 Å². The van der Waals surface area contributed by atoms with Gasteiger partial charge in [0, 0.05) is 6.54 Å². The number of hydrogen-bond acceptors (Lipinski definition) is 5. The summed E-state index contributed by atoms with van der Waals surface area (Å²) in [5.41, 5.74) is 0.873. The van der Waals surface area contributed by atoms with Gasteiger partial charge in [-0.05, 0) is 30.9 Å². The maximum absolute atomic E-state index is 11.6. The molecule has 6 heteroatoms. The first-order valence-corrected chi connectivity index (χ1v) is 8.29. The van der Waals surface area contributed by atoms with Crippen molar-refractivity contribution in [3.63, 3.8) is 0 Å². The lowest BCUT2D eigenvalue weighted by Gasteiger charge is -2.22. The zero-order chi connectivity index (χ0) is 13.3. The van der Waals surface area contributed by atoms with Gasteiger partial charge < -0.3 is 14.8 Å². The van der Waals surface area contributed by atoms with E-state index >= 15 is 0 Å². The van der Waals surface area contributed by atoms with Crippen LogP contribution in [0.2, 0.25) is 0 Å². The molecule has 0 aliphatic carbocycles. The fraction of sp³-hybridized carbons (Fsp3) is 0.538. The monoisotopic (exact) mass is 283 g/mol. The van der Waals surface area contributed by atoms with Crippen LogP contribution in [0.4, 0.5) is 5.69 Å². The van der Waals surface area contributed by atoms with E-state index < -0.39 is 9.84 Å². The molecule has 0 radical (unpaired) electrons. The fourth-order valence-electron chi connectivity index (χ4n) is 2.60. The minimum atomic E-state index is -2.84. The second-order valence-corrected chi connectivity index (χ2v) is 7.27. The number of hydrogen-bond donors (Lipinski definition) is 1. The average molecular weight is 283 g/mol. The molecular weight excluding hydrogens is 266 g/mol. The molecule has 1 unspecified atom stereocenters. The lowest BCUT2D eigenvalue weighted by atomic mass is 10.1. The molecular formula is C13H17NO4S. The van der Waals surface area contributed by atoms with Crippen LogP contribution < -0.4 is 14.8 Å². The van der Waals surface area contributed by atoms with E-state index in [9.17, 15) is 8.42 Å². The Morgan fingerprint density at radius 2 is 2.21 bits per heavy atom. The molecule has 1 atom stereocenters. The molecule has 0 amide bonds. The number of anilines is 1. The van der Waals surface area contributed by atoms with E-state index in [1.807, 2.05) is 18.2 Å². The predicted molar refractivity (Wildman–Crippen MR) is 72.4 cm³/mol. The van der Waals surface area contributed by atoms with Gasteiger partial charge >= 0.3 is 0 Å². The van der Waals surface area contributed by atoms with Gasteiger partial charge in [0.05, 0.1) is 17.2 Å². The smallest absolute Gasteiger partial charge is 0.231 e. The van der Waals surface area contributed by atoms with E-state index in [-0.39, 0.29) is 18.5 Å². The lowest BCUT2D eigenvalue weighted by Crippen LogP contribution is -2.29. The van der Waals surface area contributed by atoms with E-state index in [1.54, 1.807) is 0 Å². The van der Waals surface area contributed by atoms with Crippen molar-refractivity contribution in [3.05, 3.63) is 18.2 Å². The third-order valence-corrected chi connectivity index (χ3v) is 5.43. The van der Waals surface area contributed by atoms with Gasteiger partial charge in [-0.1, -0.05) is 6.07 Å². The van der Waals surface area contributed by atoms with Crippen molar-refractivity contribution < 1.29 is 17.9 Å². The number of nitrogens with one attached hydrogen (secondary N) is 1. The molecule has 3 rings (SSSR count). The van der Waals surface area contributed by atoms with Crippen molar-refractivity contribution >= 4 is 15.5 Å². The molecule has 2 aliphatic heterocycles. The van der Waals surface area contributed by atoms with Crippen LogP contribution in [0.15, 0.2) is 18.2 Å². The van der Waals surface area contributed by atoms with Gasteiger partial charge in [-0.15, -0.1) is 0 Å². The summed E-state index contributed by atoms with van der Waals surface area (Å²) in [6.07, 6.45) is 1.72. The van der Waals surface area contributed by atoms with Crippen LogP contribution in [0, 0.1) is 5.92 Å². The number of sulfone groups is 1. The molecule has 0 bridgehead atoms. The fourth-order valence-corrected chi connectivity index (χ4v) is 4.38. The van der Waals surface area contributed by atoms with Crippen molar-refractivity contribution in [2.75, 3.05) is 30.2 Å². The molecule has 1 aromatic carbocycles. The first kappa shape index (κ1) is 12.6. The zero-order valence-electron chi connectivity index (χ0n) is 10.6. The molecule has 104 valence electrons. The Hall–Kier alpha value is -1.43. The Labute approximate surface area is 112 Å². The van der Waals surface area contributed by atoms with E-state index in [0.29, 0.717) is 12.3 Å². The third kappa shape index (κ3) is 2.78. The van der Waals surface area contributed by atoms with E-state index in [0.717, 1.165) is 30.0 Å². The molecule has 19 heavy (non-hydrogen) atoms. The average Bonchev–Trinajstić information content (AvgIpc) is 2.84. The summed E-state index contributed by atoms with van der Waals surface area (Å²) in [5, 5.41) is 3.28. The summed E-state index contributed by atoms with van der Waals surface area (Å²) in [6, 6.07) is 5.68. The van der Waals surface area contributed by atoms with Gasteiger partial charge in [0.25, 0.3) is 0 Å². The summed E-state index contributed by atoms with van der Waals surface area (Å²) in [4.78, 5) is 0. The second-order valence-electron chi connectivity index (χ2n) is 5.04. The standard InChI is InChI=1S/C13H17NO4S/c15-19(16)6-2-3-10(8-19)7-14-11-4-1-5-12-13(11)18-9-17-12/h1,4-5,10,14H,2-3,6-9H2. The number of rotatable bonds is 3. The highest BCUT2D eigenvalue weighted by atomic mass is 32.2. The van der Waals surface area contributed by atoms with Crippen LogP contribution in [0.3, 0.4) is 0 Å². The maximum atomic E-state index is 11.6. The summed E-state index contributed by atoms with van der Waals surface area (Å²) in [6.45, 7) is 0.894. The van der Waals surface area contributed by atoms with Gasteiger partial charge in [0.2, 0.25) is 6.79 Å². The van der Waals surface area contributed by atoms with Crippen LogP contribution in [0.1, 0.15) is 12.8 Å². The number of benzene rings is 1. The van der Waals surface area contributed by atoms with Crippen molar-refractivity contribution in [2.24, 2.45) is 5.92 Å². The molecule has 1 N–H and O–H groups in total. The van der Waals surface area contributed by atoms with Crippen molar-refractivity contribution in [3.8, 4) is 11.5 Å². The molecule has 0 spiro atoms. The van der Waals surface area contributed by atoms with Crippen LogP contribution in [0.5, 0.6) is 11.5 Å². The predicted octanol–water partition coefficient (Wildman–Crippen LogP) is 1.65. The first-order valence-electron chi connectivity index (χ1n) is 6.47. The maximum Gasteiger partial charge on any atom is 0.231 e. The summed E-state index contributed by atoms with van der Waals surface area (Å²) < 4.78 is 33.9.